The first-order chi connectivity index (χ1) is 15.5. The molecule has 5 rings (SSSR count). The molecule has 1 N–H and O–H groups in total. The second kappa shape index (κ2) is 8.28. The van der Waals surface area contributed by atoms with E-state index < -0.39 is 5.97 Å². The lowest BCUT2D eigenvalue weighted by Gasteiger charge is -2.23. The summed E-state index contributed by atoms with van der Waals surface area (Å²) in [7, 11) is 0. The molecule has 0 saturated carbocycles. The summed E-state index contributed by atoms with van der Waals surface area (Å²) >= 11 is 0. The van der Waals surface area contributed by atoms with Crippen LogP contribution < -0.4 is 4.74 Å². The Morgan fingerprint density at radius 2 is 1.94 bits per heavy atom. The first kappa shape index (κ1) is 20.5. The number of carboxylic acids is 1. The Balaban J connectivity index is 1.63. The third-order valence-electron chi connectivity index (χ3n) is 6.25. The molecule has 6 heteroatoms. The fourth-order valence-electron chi connectivity index (χ4n) is 4.39. The van der Waals surface area contributed by atoms with E-state index >= 15 is 0 Å². The number of benzene rings is 2. The highest BCUT2D eigenvalue weighted by Gasteiger charge is 2.22. The molecule has 0 spiro atoms. The number of para-hydroxylation sites is 1. The van der Waals surface area contributed by atoms with Crippen LogP contribution in [0.3, 0.4) is 0 Å². The second-order valence-corrected chi connectivity index (χ2v) is 8.38. The monoisotopic (exact) mass is 431 g/mol. The first-order valence-corrected chi connectivity index (χ1v) is 10.9. The standard InChI is InChI=1S/C26H25NO5/c1-15-7-8-22(31-14-17-9-11-30-12-10-17)23-19(26(28)29)13-20(27-24(15)23)25-16(2)18-5-3-4-6-21(18)32-25/h3-8,13,17H,9-12,14H2,1-2H3,(H,28,29). The minimum absolute atomic E-state index is 0.163. The Hall–Kier alpha value is -3.38. The average molecular weight is 431 g/mol. The Kier molecular flexibility index (Phi) is 5.31. The fourth-order valence-corrected chi connectivity index (χ4v) is 4.39. The lowest BCUT2D eigenvalue weighted by molar-refractivity contribution is 0.0500. The van der Waals surface area contributed by atoms with Crippen LogP contribution in [0.15, 0.2) is 46.9 Å². The molecular formula is C26H25NO5. The smallest absolute Gasteiger partial charge is 0.336 e. The number of carbonyl (C=O) groups is 1. The van der Waals surface area contributed by atoms with Gasteiger partial charge in [-0.2, -0.15) is 0 Å². The molecule has 0 unspecified atom stereocenters. The Bertz CT molecular complexity index is 1320. The van der Waals surface area contributed by atoms with Gasteiger partial charge in [0.25, 0.3) is 0 Å². The first-order valence-electron chi connectivity index (χ1n) is 10.9. The van der Waals surface area contributed by atoms with Crippen LogP contribution in [0.25, 0.3) is 33.3 Å². The van der Waals surface area contributed by atoms with E-state index in [2.05, 4.69) is 0 Å². The predicted molar refractivity (Wildman–Crippen MR) is 122 cm³/mol. The zero-order valence-electron chi connectivity index (χ0n) is 18.2. The van der Waals surface area contributed by atoms with Crippen molar-refractivity contribution in [3.05, 3.63) is 59.2 Å². The summed E-state index contributed by atoms with van der Waals surface area (Å²) in [5.41, 5.74) is 3.86. The van der Waals surface area contributed by atoms with E-state index in [0.717, 1.165) is 48.2 Å². The maximum Gasteiger partial charge on any atom is 0.336 e. The van der Waals surface area contributed by atoms with Gasteiger partial charge in [-0.05, 0) is 56.4 Å². The molecule has 3 heterocycles. The molecule has 0 amide bonds. The van der Waals surface area contributed by atoms with Gasteiger partial charge in [-0.1, -0.05) is 24.3 Å². The number of nitrogens with zero attached hydrogens (tertiary/aromatic N) is 1. The van der Waals surface area contributed by atoms with Gasteiger partial charge in [-0.25, -0.2) is 9.78 Å². The SMILES string of the molecule is Cc1c(-c2cc(C(=O)O)c3c(OCC4CCOCC4)ccc(C)c3n2)oc2ccccc12. The van der Waals surface area contributed by atoms with Gasteiger partial charge in [0.1, 0.15) is 17.0 Å². The Morgan fingerprint density at radius 3 is 2.69 bits per heavy atom. The van der Waals surface area contributed by atoms with Crippen molar-refractivity contribution in [2.45, 2.75) is 26.7 Å². The third-order valence-corrected chi connectivity index (χ3v) is 6.25. The maximum absolute atomic E-state index is 12.3. The molecule has 1 aliphatic rings. The highest BCUT2D eigenvalue weighted by molar-refractivity contribution is 6.07. The number of aryl methyl sites for hydroxylation is 2. The summed E-state index contributed by atoms with van der Waals surface area (Å²) in [6, 6.07) is 13.1. The van der Waals surface area contributed by atoms with Gasteiger partial charge in [0.15, 0.2) is 5.76 Å². The van der Waals surface area contributed by atoms with Gasteiger partial charge in [0.05, 0.1) is 23.1 Å². The van der Waals surface area contributed by atoms with E-state index in [9.17, 15) is 9.90 Å². The van der Waals surface area contributed by atoms with Crippen molar-refractivity contribution in [3.8, 4) is 17.2 Å². The maximum atomic E-state index is 12.3. The molecule has 2 aromatic heterocycles. The number of ether oxygens (including phenoxy) is 2. The zero-order chi connectivity index (χ0) is 22.2. The van der Waals surface area contributed by atoms with Gasteiger partial charge in [-0.15, -0.1) is 0 Å². The van der Waals surface area contributed by atoms with E-state index in [1.54, 1.807) is 6.07 Å². The van der Waals surface area contributed by atoms with Crippen molar-refractivity contribution in [1.82, 2.24) is 4.98 Å². The van der Waals surface area contributed by atoms with Crippen molar-refractivity contribution < 1.29 is 23.8 Å². The largest absolute Gasteiger partial charge is 0.493 e. The molecule has 32 heavy (non-hydrogen) atoms. The van der Waals surface area contributed by atoms with Crippen molar-refractivity contribution in [2.24, 2.45) is 5.92 Å². The number of rotatable bonds is 5. The summed E-state index contributed by atoms with van der Waals surface area (Å²) in [6.07, 6.45) is 1.90. The zero-order valence-corrected chi connectivity index (χ0v) is 18.2. The number of carboxylic acid groups (broad SMARTS) is 1. The quantitative estimate of drug-likeness (QED) is 0.432. The molecule has 1 fully saturated rings. The van der Waals surface area contributed by atoms with Crippen LogP contribution in [0.1, 0.15) is 34.3 Å². The van der Waals surface area contributed by atoms with Crippen LogP contribution in [-0.2, 0) is 4.74 Å². The van der Waals surface area contributed by atoms with Crippen LogP contribution in [-0.4, -0.2) is 35.9 Å². The Labute approximate surface area is 185 Å². The molecule has 0 aliphatic carbocycles. The number of pyridine rings is 1. The lowest BCUT2D eigenvalue weighted by atomic mass is 10.0. The highest BCUT2D eigenvalue weighted by atomic mass is 16.5. The summed E-state index contributed by atoms with van der Waals surface area (Å²) in [5.74, 6) is 0.520. The summed E-state index contributed by atoms with van der Waals surface area (Å²) < 4.78 is 17.6. The van der Waals surface area contributed by atoms with E-state index in [4.69, 9.17) is 18.9 Å². The number of aromatic carboxylic acids is 1. The number of aromatic nitrogens is 1. The lowest BCUT2D eigenvalue weighted by Crippen LogP contribution is -2.21. The van der Waals surface area contributed by atoms with Gasteiger partial charge in [0, 0.05) is 24.2 Å². The minimum Gasteiger partial charge on any atom is -0.493 e. The third kappa shape index (κ3) is 3.60. The molecule has 0 atom stereocenters. The normalized spacial score (nSPS) is 14.8. The Morgan fingerprint density at radius 1 is 1.16 bits per heavy atom. The molecular weight excluding hydrogens is 406 g/mol. The fraction of sp³-hybridized carbons (Fsp3) is 0.308. The second-order valence-electron chi connectivity index (χ2n) is 8.38. The number of fused-ring (bicyclic) bond motifs is 2. The summed E-state index contributed by atoms with van der Waals surface area (Å²) in [4.78, 5) is 17.1. The molecule has 1 saturated heterocycles. The van der Waals surface area contributed by atoms with Gasteiger partial charge < -0.3 is 19.0 Å². The topological polar surface area (TPSA) is 81.8 Å². The molecule has 4 aromatic rings. The molecule has 0 bridgehead atoms. The molecule has 6 nitrogen and oxygen atoms in total. The van der Waals surface area contributed by atoms with Crippen molar-refractivity contribution in [3.63, 3.8) is 0 Å². The molecule has 2 aromatic carbocycles. The van der Waals surface area contributed by atoms with Crippen LogP contribution in [0.4, 0.5) is 0 Å². The van der Waals surface area contributed by atoms with Crippen molar-refractivity contribution in [1.29, 1.82) is 0 Å². The highest BCUT2D eigenvalue weighted by Crippen LogP contribution is 2.37. The summed E-state index contributed by atoms with van der Waals surface area (Å²) in [6.45, 7) is 5.91. The molecule has 0 radical (unpaired) electrons. The van der Waals surface area contributed by atoms with E-state index in [-0.39, 0.29) is 5.56 Å². The van der Waals surface area contributed by atoms with Crippen LogP contribution >= 0.6 is 0 Å². The van der Waals surface area contributed by atoms with Crippen LogP contribution in [0, 0.1) is 19.8 Å². The van der Waals surface area contributed by atoms with Gasteiger partial charge in [0.2, 0.25) is 0 Å². The number of hydrogen-bond acceptors (Lipinski definition) is 5. The molecule has 164 valence electrons. The van der Waals surface area contributed by atoms with E-state index in [1.165, 1.54) is 0 Å². The van der Waals surface area contributed by atoms with Crippen molar-refractivity contribution >= 4 is 27.8 Å². The molecule has 1 aliphatic heterocycles. The van der Waals surface area contributed by atoms with E-state index in [1.807, 2.05) is 50.2 Å². The number of furan rings is 1. The van der Waals surface area contributed by atoms with Crippen LogP contribution in [0.5, 0.6) is 5.75 Å². The van der Waals surface area contributed by atoms with E-state index in [0.29, 0.717) is 40.6 Å². The minimum atomic E-state index is -1.02. The predicted octanol–water partition coefficient (Wildman–Crippen LogP) is 5.77. The van der Waals surface area contributed by atoms with Crippen LogP contribution in [0.2, 0.25) is 0 Å². The van der Waals surface area contributed by atoms with Gasteiger partial charge in [-0.3, -0.25) is 0 Å². The summed E-state index contributed by atoms with van der Waals surface area (Å²) in [5, 5.41) is 11.6. The van der Waals surface area contributed by atoms with Crippen molar-refractivity contribution in [2.75, 3.05) is 19.8 Å². The average Bonchev–Trinajstić information content (AvgIpc) is 3.15. The number of hydrogen-bond donors (Lipinski definition) is 1. The van der Waals surface area contributed by atoms with Gasteiger partial charge >= 0.3 is 5.97 Å².